The normalized spacial score (nSPS) is 12.4. The summed E-state index contributed by atoms with van der Waals surface area (Å²) < 4.78 is 64.1. The number of rotatable bonds is 6. The van der Waals surface area contributed by atoms with Crippen molar-refractivity contribution in [3.8, 4) is 5.75 Å². The van der Waals surface area contributed by atoms with Gasteiger partial charge in [-0.2, -0.15) is 0 Å². The first-order chi connectivity index (χ1) is 8.18. The molecule has 0 spiro atoms. The van der Waals surface area contributed by atoms with Gasteiger partial charge in [-0.05, 0) is 18.6 Å². The molecule has 8 heteroatoms. The van der Waals surface area contributed by atoms with Gasteiger partial charge in [0, 0.05) is 6.26 Å². The third-order valence-electron chi connectivity index (χ3n) is 2.16. The summed E-state index contributed by atoms with van der Waals surface area (Å²) in [6, 6.07) is 4.56. The van der Waals surface area contributed by atoms with Crippen molar-refractivity contribution in [1.29, 1.82) is 0 Å². The third kappa shape index (κ3) is 5.44. The predicted molar refractivity (Wildman–Crippen MR) is 65.0 cm³/mol. The monoisotopic (exact) mass is 281 g/mol. The number of hydrogen-bond donors (Lipinski definition) is 0. The summed E-state index contributed by atoms with van der Waals surface area (Å²) in [5.74, 6) is 0.0517. The van der Waals surface area contributed by atoms with E-state index in [0.717, 1.165) is 18.4 Å². The summed E-state index contributed by atoms with van der Waals surface area (Å²) in [5.41, 5.74) is -0.726. The van der Waals surface area contributed by atoms with Crippen LogP contribution in [0.3, 0.4) is 0 Å². The second-order valence-electron chi connectivity index (χ2n) is 3.98. The van der Waals surface area contributed by atoms with Crippen molar-refractivity contribution in [3.63, 3.8) is 0 Å². The molecule has 0 aliphatic carbocycles. The van der Waals surface area contributed by atoms with E-state index in [2.05, 4.69) is 0 Å². The Hall–Kier alpha value is -1.18. The summed E-state index contributed by atoms with van der Waals surface area (Å²) in [4.78, 5) is 0. The Labute approximate surface area is 104 Å². The fourth-order valence-electron chi connectivity index (χ4n) is 1.32. The molecule has 0 heterocycles. The Bertz CT molecular complexity index is 499. The van der Waals surface area contributed by atoms with E-state index >= 15 is 0 Å². The van der Waals surface area contributed by atoms with Crippen molar-refractivity contribution in [1.82, 2.24) is 0 Å². The number of ether oxygens (including phenoxy) is 1. The summed E-state index contributed by atoms with van der Waals surface area (Å²) in [5, 5.41) is 0. The van der Waals surface area contributed by atoms with Gasteiger partial charge in [-0.3, -0.25) is 0 Å². The molecule has 0 radical (unpaired) electrons. The van der Waals surface area contributed by atoms with Gasteiger partial charge >= 0.3 is 6.98 Å². The Morgan fingerprint density at radius 2 is 1.94 bits per heavy atom. The lowest BCUT2D eigenvalue weighted by Gasteiger charge is -2.16. The van der Waals surface area contributed by atoms with E-state index in [-0.39, 0.29) is 24.5 Å². The Balaban J connectivity index is 2.53. The standard InChI is InChI=1S/C10H13BF3O3S/c1-18(15,16)7-3-6-17-10-5-2-4-9(8-10)11(12,13)14/h2,4-5,8H,3,6-7H2,1H3/q-1. The highest BCUT2D eigenvalue weighted by Gasteiger charge is 2.25. The molecule has 0 amide bonds. The zero-order valence-electron chi connectivity index (χ0n) is 9.77. The van der Waals surface area contributed by atoms with Crippen LogP contribution in [0.25, 0.3) is 0 Å². The number of halogens is 3. The van der Waals surface area contributed by atoms with Crippen molar-refractivity contribution >= 4 is 22.3 Å². The van der Waals surface area contributed by atoms with Crippen LogP contribution in [0.1, 0.15) is 6.42 Å². The maximum Gasteiger partial charge on any atom is 0.509 e. The topological polar surface area (TPSA) is 43.4 Å². The lowest BCUT2D eigenvalue weighted by atomic mass is 9.80. The van der Waals surface area contributed by atoms with Gasteiger partial charge in [0.25, 0.3) is 0 Å². The van der Waals surface area contributed by atoms with Crippen LogP contribution >= 0.6 is 0 Å². The molecule has 0 bridgehead atoms. The van der Waals surface area contributed by atoms with Gasteiger partial charge in [0.15, 0.2) is 0 Å². The van der Waals surface area contributed by atoms with Gasteiger partial charge in [-0.1, -0.05) is 12.1 Å². The molecule has 0 N–H and O–H groups in total. The van der Waals surface area contributed by atoms with Crippen LogP contribution in [0.2, 0.25) is 0 Å². The molecular weight excluding hydrogens is 268 g/mol. The fraction of sp³-hybridized carbons (Fsp3) is 0.400. The minimum absolute atomic E-state index is 0.0457. The minimum Gasteiger partial charge on any atom is -0.494 e. The Kier molecular flexibility index (Phi) is 4.67. The lowest BCUT2D eigenvalue weighted by molar-refractivity contribution is 0.318. The Morgan fingerprint density at radius 3 is 2.50 bits per heavy atom. The highest BCUT2D eigenvalue weighted by molar-refractivity contribution is 7.90. The van der Waals surface area contributed by atoms with Crippen molar-refractivity contribution in [2.45, 2.75) is 6.42 Å². The summed E-state index contributed by atoms with van der Waals surface area (Å²) in [6.45, 7) is -4.97. The number of sulfone groups is 1. The van der Waals surface area contributed by atoms with E-state index in [1.165, 1.54) is 12.1 Å². The minimum atomic E-state index is -5.04. The first kappa shape index (κ1) is 14.9. The molecule has 3 nitrogen and oxygen atoms in total. The fourth-order valence-corrected chi connectivity index (χ4v) is 1.96. The summed E-state index contributed by atoms with van der Waals surface area (Å²) >= 11 is 0. The van der Waals surface area contributed by atoms with Gasteiger partial charge in [0.1, 0.15) is 15.6 Å². The van der Waals surface area contributed by atoms with Crippen molar-refractivity contribution in [3.05, 3.63) is 24.3 Å². The molecule has 18 heavy (non-hydrogen) atoms. The van der Waals surface area contributed by atoms with Gasteiger partial charge in [0.2, 0.25) is 0 Å². The summed E-state index contributed by atoms with van der Waals surface area (Å²) in [6.07, 6.45) is 1.35. The van der Waals surface area contributed by atoms with Gasteiger partial charge in [-0.25, -0.2) is 8.42 Å². The summed E-state index contributed by atoms with van der Waals surface area (Å²) in [7, 11) is -3.07. The molecule has 0 saturated heterocycles. The quantitative estimate of drug-likeness (QED) is 0.587. The lowest BCUT2D eigenvalue weighted by Crippen LogP contribution is -2.33. The van der Waals surface area contributed by atoms with Gasteiger partial charge in [-0.15, -0.1) is 5.46 Å². The zero-order chi connectivity index (χ0) is 13.8. The van der Waals surface area contributed by atoms with Crippen LogP contribution in [0.5, 0.6) is 5.75 Å². The van der Waals surface area contributed by atoms with Crippen molar-refractivity contribution < 1.29 is 26.1 Å². The zero-order valence-corrected chi connectivity index (χ0v) is 10.6. The largest absolute Gasteiger partial charge is 0.509 e. The van der Waals surface area contributed by atoms with E-state index in [4.69, 9.17) is 4.74 Å². The first-order valence-corrected chi connectivity index (χ1v) is 7.35. The maximum atomic E-state index is 12.4. The SMILES string of the molecule is CS(=O)(=O)CCCOc1cccc([B-](F)(F)F)c1. The van der Waals surface area contributed by atoms with Gasteiger partial charge < -0.3 is 17.7 Å². The second-order valence-corrected chi connectivity index (χ2v) is 6.24. The smallest absolute Gasteiger partial charge is 0.494 e. The molecular formula is C10H13BF3O3S-. The highest BCUT2D eigenvalue weighted by atomic mass is 32.2. The van der Waals surface area contributed by atoms with Crippen LogP contribution in [-0.2, 0) is 9.84 Å². The Morgan fingerprint density at radius 1 is 1.28 bits per heavy atom. The molecule has 102 valence electrons. The van der Waals surface area contributed by atoms with Crippen molar-refractivity contribution in [2.75, 3.05) is 18.6 Å². The van der Waals surface area contributed by atoms with E-state index < -0.39 is 22.3 Å². The van der Waals surface area contributed by atoms with Crippen LogP contribution in [0.15, 0.2) is 24.3 Å². The average molecular weight is 281 g/mol. The highest BCUT2D eigenvalue weighted by Crippen LogP contribution is 2.14. The van der Waals surface area contributed by atoms with Crippen LogP contribution < -0.4 is 10.2 Å². The number of benzene rings is 1. The van der Waals surface area contributed by atoms with E-state index in [9.17, 15) is 21.4 Å². The second kappa shape index (κ2) is 5.64. The van der Waals surface area contributed by atoms with Crippen molar-refractivity contribution in [2.24, 2.45) is 0 Å². The van der Waals surface area contributed by atoms with E-state index in [1.54, 1.807) is 0 Å². The molecule has 0 aromatic heterocycles. The molecule has 0 saturated carbocycles. The third-order valence-corrected chi connectivity index (χ3v) is 3.19. The van der Waals surface area contributed by atoms with E-state index in [1.807, 2.05) is 0 Å². The number of hydrogen-bond acceptors (Lipinski definition) is 3. The predicted octanol–water partition coefficient (Wildman–Crippen LogP) is 1.55. The van der Waals surface area contributed by atoms with E-state index in [0.29, 0.717) is 0 Å². The van der Waals surface area contributed by atoms with Crippen LogP contribution in [0.4, 0.5) is 12.9 Å². The first-order valence-electron chi connectivity index (χ1n) is 5.29. The average Bonchev–Trinajstić information content (AvgIpc) is 2.22. The molecule has 0 atom stereocenters. The molecule has 0 aliphatic heterocycles. The molecule has 0 aliphatic rings. The molecule has 1 aromatic carbocycles. The van der Waals surface area contributed by atoms with Crippen LogP contribution in [0, 0.1) is 0 Å². The molecule has 1 rings (SSSR count). The van der Waals surface area contributed by atoms with Gasteiger partial charge in [0.05, 0.1) is 12.4 Å². The maximum absolute atomic E-state index is 12.4. The molecule has 0 unspecified atom stereocenters. The van der Waals surface area contributed by atoms with Crippen LogP contribution in [-0.4, -0.2) is 34.0 Å². The molecule has 1 aromatic rings. The molecule has 0 fully saturated rings.